The largest absolute Gasteiger partial charge is 0.493 e. The fourth-order valence-electron chi connectivity index (χ4n) is 1.56. The molecule has 1 atom stereocenters. The SMILES string of the molecule is COc1cc(CC(C)N)ccc1OCCSC. The van der Waals surface area contributed by atoms with Crippen molar-refractivity contribution in [1.82, 2.24) is 0 Å². The lowest BCUT2D eigenvalue weighted by Gasteiger charge is -2.12. The zero-order valence-corrected chi connectivity index (χ0v) is 11.5. The Morgan fingerprint density at radius 3 is 2.71 bits per heavy atom. The van der Waals surface area contributed by atoms with Crippen molar-refractivity contribution >= 4 is 11.8 Å². The molecule has 3 nitrogen and oxygen atoms in total. The van der Waals surface area contributed by atoms with Gasteiger partial charge in [0.05, 0.1) is 13.7 Å². The number of rotatable bonds is 7. The van der Waals surface area contributed by atoms with Crippen LogP contribution < -0.4 is 15.2 Å². The monoisotopic (exact) mass is 255 g/mol. The van der Waals surface area contributed by atoms with Crippen LogP contribution in [0.1, 0.15) is 12.5 Å². The van der Waals surface area contributed by atoms with Gasteiger partial charge in [0.25, 0.3) is 0 Å². The smallest absolute Gasteiger partial charge is 0.161 e. The predicted molar refractivity (Wildman–Crippen MR) is 74.2 cm³/mol. The second-order valence-electron chi connectivity index (χ2n) is 4.01. The van der Waals surface area contributed by atoms with E-state index >= 15 is 0 Å². The second kappa shape index (κ2) is 7.45. The second-order valence-corrected chi connectivity index (χ2v) is 4.99. The molecule has 0 aliphatic rings. The van der Waals surface area contributed by atoms with Crippen molar-refractivity contribution in [3.8, 4) is 11.5 Å². The number of thioether (sulfide) groups is 1. The third-order valence-electron chi connectivity index (χ3n) is 2.33. The quantitative estimate of drug-likeness (QED) is 0.760. The standard InChI is InChI=1S/C13H21NO2S/c1-10(14)8-11-4-5-12(13(9-11)15-2)16-6-7-17-3/h4-5,9-10H,6-8,14H2,1-3H3. The molecule has 0 aliphatic carbocycles. The minimum atomic E-state index is 0.156. The van der Waals surface area contributed by atoms with Crippen molar-refractivity contribution in [3.63, 3.8) is 0 Å². The fraction of sp³-hybridized carbons (Fsp3) is 0.538. The average molecular weight is 255 g/mol. The van der Waals surface area contributed by atoms with Crippen LogP contribution in [0.5, 0.6) is 11.5 Å². The summed E-state index contributed by atoms with van der Waals surface area (Å²) in [4.78, 5) is 0. The number of ether oxygens (including phenoxy) is 2. The van der Waals surface area contributed by atoms with E-state index in [0.29, 0.717) is 6.61 Å². The lowest BCUT2D eigenvalue weighted by molar-refractivity contribution is 0.313. The van der Waals surface area contributed by atoms with Crippen LogP contribution in [0.2, 0.25) is 0 Å². The van der Waals surface area contributed by atoms with Gasteiger partial charge in [0.1, 0.15) is 0 Å². The van der Waals surface area contributed by atoms with Crippen molar-refractivity contribution < 1.29 is 9.47 Å². The van der Waals surface area contributed by atoms with E-state index in [-0.39, 0.29) is 6.04 Å². The molecule has 0 radical (unpaired) electrons. The van der Waals surface area contributed by atoms with Gasteiger partial charge in [0, 0.05) is 11.8 Å². The molecule has 17 heavy (non-hydrogen) atoms. The minimum Gasteiger partial charge on any atom is -0.493 e. The van der Waals surface area contributed by atoms with Crippen molar-refractivity contribution in [2.75, 3.05) is 25.7 Å². The summed E-state index contributed by atoms with van der Waals surface area (Å²) in [6.45, 7) is 2.69. The van der Waals surface area contributed by atoms with Crippen LogP contribution in [0.3, 0.4) is 0 Å². The maximum atomic E-state index is 5.78. The molecule has 0 saturated carbocycles. The molecule has 1 rings (SSSR count). The van der Waals surface area contributed by atoms with Gasteiger partial charge >= 0.3 is 0 Å². The molecular formula is C13H21NO2S. The summed E-state index contributed by atoms with van der Waals surface area (Å²) in [6.07, 6.45) is 2.91. The van der Waals surface area contributed by atoms with Gasteiger partial charge in [0.15, 0.2) is 11.5 Å². The van der Waals surface area contributed by atoms with Crippen molar-refractivity contribution in [2.45, 2.75) is 19.4 Å². The first kappa shape index (κ1) is 14.2. The van der Waals surface area contributed by atoms with Crippen LogP contribution in [-0.2, 0) is 6.42 Å². The van der Waals surface area contributed by atoms with E-state index < -0.39 is 0 Å². The zero-order valence-electron chi connectivity index (χ0n) is 10.7. The van der Waals surface area contributed by atoms with Crippen LogP contribution in [-0.4, -0.2) is 31.8 Å². The Morgan fingerprint density at radius 1 is 1.35 bits per heavy atom. The van der Waals surface area contributed by atoms with E-state index in [1.165, 1.54) is 5.56 Å². The summed E-state index contributed by atoms with van der Waals surface area (Å²) in [6, 6.07) is 6.15. The fourth-order valence-corrected chi connectivity index (χ4v) is 1.81. The van der Waals surface area contributed by atoms with Gasteiger partial charge < -0.3 is 15.2 Å². The van der Waals surface area contributed by atoms with Gasteiger partial charge in [-0.25, -0.2) is 0 Å². The highest BCUT2D eigenvalue weighted by Crippen LogP contribution is 2.28. The summed E-state index contributed by atoms with van der Waals surface area (Å²) in [5.74, 6) is 2.56. The lowest BCUT2D eigenvalue weighted by Crippen LogP contribution is -2.17. The molecule has 2 N–H and O–H groups in total. The van der Waals surface area contributed by atoms with Crippen LogP contribution in [0, 0.1) is 0 Å². The third-order valence-corrected chi connectivity index (χ3v) is 2.91. The van der Waals surface area contributed by atoms with Gasteiger partial charge in [-0.2, -0.15) is 11.8 Å². The first-order valence-corrected chi connectivity index (χ1v) is 7.11. The van der Waals surface area contributed by atoms with Crippen molar-refractivity contribution in [2.24, 2.45) is 5.73 Å². The molecule has 0 aromatic heterocycles. The maximum absolute atomic E-state index is 5.78. The molecular weight excluding hydrogens is 234 g/mol. The molecule has 0 fully saturated rings. The molecule has 1 unspecified atom stereocenters. The van der Waals surface area contributed by atoms with Gasteiger partial charge in [-0.1, -0.05) is 6.07 Å². The molecule has 0 heterocycles. The highest BCUT2D eigenvalue weighted by molar-refractivity contribution is 7.98. The lowest BCUT2D eigenvalue weighted by atomic mass is 10.1. The summed E-state index contributed by atoms with van der Waals surface area (Å²) in [5, 5.41) is 0. The van der Waals surface area contributed by atoms with E-state index in [4.69, 9.17) is 15.2 Å². The van der Waals surface area contributed by atoms with E-state index in [1.807, 2.05) is 25.1 Å². The van der Waals surface area contributed by atoms with E-state index in [1.54, 1.807) is 18.9 Å². The molecule has 0 bridgehead atoms. The Bertz CT molecular complexity index is 342. The highest BCUT2D eigenvalue weighted by Gasteiger charge is 2.06. The maximum Gasteiger partial charge on any atom is 0.161 e. The Kier molecular flexibility index (Phi) is 6.22. The van der Waals surface area contributed by atoms with Crippen LogP contribution in [0.25, 0.3) is 0 Å². The topological polar surface area (TPSA) is 44.5 Å². The Morgan fingerprint density at radius 2 is 2.12 bits per heavy atom. The molecule has 0 saturated heterocycles. The molecule has 96 valence electrons. The van der Waals surface area contributed by atoms with Gasteiger partial charge in [0.2, 0.25) is 0 Å². The van der Waals surface area contributed by atoms with Crippen molar-refractivity contribution in [1.29, 1.82) is 0 Å². The summed E-state index contributed by atoms with van der Waals surface area (Å²) in [7, 11) is 1.66. The van der Waals surface area contributed by atoms with E-state index in [2.05, 4.69) is 6.26 Å². The van der Waals surface area contributed by atoms with Crippen LogP contribution in [0.4, 0.5) is 0 Å². The van der Waals surface area contributed by atoms with Crippen molar-refractivity contribution in [3.05, 3.63) is 23.8 Å². The Labute approximate surface area is 108 Å². The normalized spacial score (nSPS) is 12.2. The number of methoxy groups -OCH3 is 1. The van der Waals surface area contributed by atoms with Gasteiger partial charge in [-0.05, 0) is 37.3 Å². The number of hydrogen-bond acceptors (Lipinski definition) is 4. The molecule has 0 spiro atoms. The first-order chi connectivity index (χ1) is 8.17. The summed E-state index contributed by atoms with van der Waals surface area (Å²) < 4.78 is 11.0. The van der Waals surface area contributed by atoms with Crippen LogP contribution in [0.15, 0.2) is 18.2 Å². The van der Waals surface area contributed by atoms with Gasteiger partial charge in [-0.3, -0.25) is 0 Å². The molecule has 0 amide bonds. The number of benzene rings is 1. The third kappa shape index (κ3) is 4.88. The number of nitrogens with two attached hydrogens (primary N) is 1. The van der Waals surface area contributed by atoms with Crippen LogP contribution >= 0.6 is 11.8 Å². The Hall–Kier alpha value is -0.870. The minimum absolute atomic E-state index is 0.156. The molecule has 4 heteroatoms. The molecule has 0 aliphatic heterocycles. The predicted octanol–water partition coefficient (Wildman–Crippen LogP) is 2.33. The highest BCUT2D eigenvalue weighted by atomic mass is 32.2. The molecule has 1 aromatic carbocycles. The van der Waals surface area contributed by atoms with E-state index in [0.717, 1.165) is 23.7 Å². The Balaban J connectivity index is 2.71. The van der Waals surface area contributed by atoms with Gasteiger partial charge in [-0.15, -0.1) is 0 Å². The number of hydrogen-bond donors (Lipinski definition) is 1. The summed E-state index contributed by atoms with van der Waals surface area (Å²) in [5.41, 5.74) is 6.95. The first-order valence-electron chi connectivity index (χ1n) is 5.71. The average Bonchev–Trinajstić information content (AvgIpc) is 2.30. The zero-order chi connectivity index (χ0) is 12.7. The summed E-state index contributed by atoms with van der Waals surface area (Å²) >= 11 is 1.76. The molecule has 1 aromatic rings. The van der Waals surface area contributed by atoms with E-state index in [9.17, 15) is 0 Å².